The molecule has 0 nitrogen and oxygen atoms in total. The quantitative estimate of drug-likeness (QED) is 0.369. The molecular weight excluding hydrogens is 300 g/mol. The first kappa shape index (κ1) is 19.8. The third-order valence-electron chi connectivity index (χ3n) is 5.33. The monoisotopic (exact) mass is 336 g/mol. The van der Waals surface area contributed by atoms with E-state index in [4.69, 9.17) is 0 Å². The van der Waals surface area contributed by atoms with E-state index in [9.17, 15) is 0 Å². The highest BCUT2D eigenvalue weighted by atomic mass is 14.2. The molecule has 2 rings (SSSR count). The van der Waals surface area contributed by atoms with Crippen LogP contribution in [-0.4, -0.2) is 0 Å². The molecule has 0 N–H and O–H groups in total. The van der Waals surface area contributed by atoms with Crippen LogP contribution in [0.15, 0.2) is 48.5 Å². The highest BCUT2D eigenvalue weighted by Crippen LogP contribution is 2.33. The predicted octanol–water partition coefficient (Wildman–Crippen LogP) is 7.69. The van der Waals surface area contributed by atoms with Crippen LogP contribution in [0.2, 0.25) is 0 Å². The fourth-order valence-corrected chi connectivity index (χ4v) is 3.86. The lowest BCUT2D eigenvalue weighted by atomic mass is 9.83. The second-order valence-corrected chi connectivity index (χ2v) is 7.30. The van der Waals surface area contributed by atoms with Crippen LogP contribution in [0.25, 0.3) is 0 Å². The number of aryl methyl sites for hydroxylation is 2. The Balaban J connectivity index is 2.19. The summed E-state index contributed by atoms with van der Waals surface area (Å²) < 4.78 is 0. The standard InChI is InChI=1S/C25H36/c1-4-7-8-9-10-15-25(24-16-12-11-14-22(24)6-3)23-19-17-21(13-5-2)18-20-23/h11-12,14,16-20,25H,4-10,13,15H2,1-3H3. The Morgan fingerprint density at radius 3 is 2.12 bits per heavy atom. The lowest BCUT2D eigenvalue weighted by molar-refractivity contribution is 0.578. The third-order valence-corrected chi connectivity index (χ3v) is 5.33. The van der Waals surface area contributed by atoms with Crippen molar-refractivity contribution in [3.63, 3.8) is 0 Å². The van der Waals surface area contributed by atoms with Crippen LogP contribution >= 0.6 is 0 Å². The van der Waals surface area contributed by atoms with Gasteiger partial charge < -0.3 is 0 Å². The van der Waals surface area contributed by atoms with Crippen molar-refractivity contribution in [1.29, 1.82) is 0 Å². The topological polar surface area (TPSA) is 0 Å². The largest absolute Gasteiger partial charge is 0.0654 e. The Morgan fingerprint density at radius 2 is 1.44 bits per heavy atom. The van der Waals surface area contributed by atoms with Crippen LogP contribution < -0.4 is 0 Å². The number of benzene rings is 2. The maximum absolute atomic E-state index is 2.38. The van der Waals surface area contributed by atoms with Gasteiger partial charge in [0.15, 0.2) is 0 Å². The summed E-state index contributed by atoms with van der Waals surface area (Å²) in [6, 6.07) is 18.5. The maximum Gasteiger partial charge on any atom is 0.00920 e. The lowest BCUT2D eigenvalue weighted by Crippen LogP contribution is -2.05. The van der Waals surface area contributed by atoms with Gasteiger partial charge in [0.1, 0.15) is 0 Å². The van der Waals surface area contributed by atoms with E-state index in [-0.39, 0.29) is 0 Å². The Bertz CT molecular complexity index is 594. The average molecular weight is 337 g/mol. The Kier molecular flexibility index (Phi) is 8.80. The Hall–Kier alpha value is -1.56. The second kappa shape index (κ2) is 11.1. The molecule has 0 fully saturated rings. The minimum atomic E-state index is 0.549. The van der Waals surface area contributed by atoms with Crippen LogP contribution in [0.5, 0.6) is 0 Å². The highest BCUT2D eigenvalue weighted by Gasteiger charge is 2.16. The van der Waals surface area contributed by atoms with Crippen LogP contribution in [0.4, 0.5) is 0 Å². The van der Waals surface area contributed by atoms with Gasteiger partial charge in [0.05, 0.1) is 0 Å². The van der Waals surface area contributed by atoms with Gasteiger partial charge in [-0.05, 0) is 41.5 Å². The van der Waals surface area contributed by atoms with E-state index in [2.05, 4.69) is 69.3 Å². The lowest BCUT2D eigenvalue weighted by Gasteiger charge is -2.21. The zero-order chi connectivity index (χ0) is 17.9. The highest BCUT2D eigenvalue weighted by molar-refractivity contribution is 5.39. The predicted molar refractivity (Wildman–Crippen MR) is 111 cm³/mol. The van der Waals surface area contributed by atoms with Crippen molar-refractivity contribution < 1.29 is 0 Å². The molecule has 25 heavy (non-hydrogen) atoms. The van der Waals surface area contributed by atoms with E-state index in [1.54, 1.807) is 5.56 Å². The summed E-state index contributed by atoms with van der Waals surface area (Å²) >= 11 is 0. The summed E-state index contributed by atoms with van der Waals surface area (Å²) in [4.78, 5) is 0. The van der Waals surface area contributed by atoms with E-state index in [0.29, 0.717) is 5.92 Å². The van der Waals surface area contributed by atoms with Crippen molar-refractivity contribution in [2.45, 2.75) is 84.5 Å². The molecule has 0 heterocycles. The number of hydrogen-bond acceptors (Lipinski definition) is 0. The van der Waals surface area contributed by atoms with Gasteiger partial charge in [-0.3, -0.25) is 0 Å². The maximum atomic E-state index is 2.38. The van der Waals surface area contributed by atoms with E-state index < -0.39 is 0 Å². The van der Waals surface area contributed by atoms with Crippen molar-refractivity contribution in [2.24, 2.45) is 0 Å². The Morgan fingerprint density at radius 1 is 0.720 bits per heavy atom. The molecule has 0 aromatic heterocycles. The minimum Gasteiger partial charge on any atom is -0.0654 e. The normalized spacial score (nSPS) is 12.3. The van der Waals surface area contributed by atoms with Gasteiger partial charge in [0, 0.05) is 5.92 Å². The molecule has 0 amide bonds. The Labute approximate surface area is 155 Å². The van der Waals surface area contributed by atoms with Crippen molar-refractivity contribution in [2.75, 3.05) is 0 Å². The third kappa shape index (κ3) is 6.03. The first-order valence-corrected chi connectivity index (χ1v) is 10.5. The van der Waals surface area contributed by atoms with E-state index in [0.717, 1.165) is 6.42 Å². The molecule has 0 saturated carbocycles. The molecule has 0 aliphatic rings. The van der Waals surface area contributed by atoms with Crippen molar-refractivity contribution in [3.8, 4) is 0 Å². The summed E-state index contributed by atoms with van der Waals surface area (Å²) in [6.07, 6.45) is 11.6. The molecule has 2 aromatic rings. The molecular formula is C25H36. The van der Waals surface area contributed by atoms with E-state index >= 15 is 0 Å². The van der Waals surface area contributed by atoms with Crippen LogP contribution in [0.3, 0.4) is 0 Å². The molecule has 0 saturated heterocycles. The number of hydrogen-bond donors (Lipinski definition) is 0. The van der Waals surface area contributed by atoms with Gasteiger partial charge in [-0.25, -0.2) is 0 Å². The van der Waals surface area contributed by atoms with Crippen LogP contribution in [0, 0.1) is 0 Å². The summed E-state index contributed by atoms with van der Waals surface area (Å²) in [5.41, 5.74) is 6.02. The second-order valence-electron chi connectivity index (χ2n) is 7.30. The van der Waals surface area contributed by atoms with Gasteiger partial charge in [-0.2, -0.15) is 0 Å². The smallest absolute Gasteiger partial charge is 0.00920 e. The van der Waals surface area contributed by atoms with E-state index in [1.165, 1.54) is 68.1 Å². The molecule has 0 heteroatoms. The van der Waals surface area contributed by atoms with Crippen molar-refractivity contribution >= 4 is 0 Å². The van der Waals surface area contributed by atoms with Gasteiger partial charge in [-0.1, -0.05) is 108 Å². The zero-order valence-corrected chi connectivity index (χ0v) is 16.6. The van der Waals surface area contributed by atoms with Crippen molar-refractivity contribution in [1.82, 2.24) is 0 Å². The van der Waals surface area contributed by atoms with Crippen LogP contribution in [0.1, 0.15) is 93.9 Å². The summed E-state index contributed by atoms with van der Waals surface area (Å²) in [5, 5.41) is 0. The summed E-state index contributed by atoms with van der Waals surface area (Å²) in [7, 11) is 0. The zero-order valence-electron chi connectivity index (χ0n) is 16.6. The van der Waals surface area contributed by atoms with E-state index in [1.807, 2.05) is 0 Å². The van der Waals surface area contributed by atoms with Crippen molar-refractivity contribution in [3.05, 3.63) is 70.8 Å². The molecule has 0 spiro atoms. The number of rotatable bonds is 11. The fraction of sp³-hybridized carbons (Fsp3) is 0.520. The molecule has 1 unspecified atom stereocenters. The molecule has 1 atom stereocenters. The van der Waals surface area contributed by atoms with Crippen LogP contribution in [-0.2, 0) is 12.8 Å². The minimum absolute atomic E-state index is 0.549. The van der Waals surface area contributed by atoms with Gasteiger partial charge in [0.25, 0.3) is 0 Å². The average Bonchev–Trinajstić information content (AvgIpc) is 2.66. The molecule has 0 aliphatic heterocycles. The molecule has 0 radical (unpaired) electrons. The molecule has 136 valence electrons. The van der Waals surface area contributed by atoms with Gasteiger partial charge in [0.2, 0.25) is 0 Å². The van der Waals surface area contributed by atoms with Gasteiger partial charge >= 0.3 is 0 Å². The molecule has 0 aliphatic carbocycles. The molecule has 2 aromatic carbocycles. The first-order chi connectivity index (χ1) is 12.3. The number of unbranched alkanes of at least 4 members (excludes halogenated alkanes) is 4. The summed E-state index contributed by atoms with van der Waals surface area (Å²) in [5.74, 6) is 0.549. The summed E-state index contributed by atoms with van der Waals surface area (Å²) in [6.45, 7) is 6.82. The molecule has 0 bridgehead atoms. The SMILES string of the molecule is CCCCCCCC(c1ccc(CCC)cc1)c1ccccc1CC. The first-order valence-electron chi connectivity index (χ1n) is 10.5. The van der Waals surface area contributed by atoms with Gasteiger partial charge in [-0.15, -0.1) is 0 Å². The fourth-order valence-electron chi connectivity index (χ4n) is 3.86.